The van der Waals surface area contributed by atoms with E-state index in [4.69, 9.17) is 14.2 Å². The van der Waals surface area contributed by atoms with Crippen molar-refractivity contribution in [2.24, 2.45) is 0 Å². The summed E-state index contributed by atoms with van der Waals surface area (Å²) in [6.07, 6.45) is 2.04. The van der Waals surface area contributed by atoms with E-state index in [1.807, 2.05) is 26.0 Å². The van der Waals surface area contributed by atoms with Gasteiger partial charge in [-0.15, -0.1) is 0 Å². The van der Waals surface area contributed by atoms with Crippen molar-refractivity contribution in [3.05, 3.63) is 46.3 Å². The Morgan fingerprint density at radius 2 is 1.84 bits per heavy atom. The summed E-state index contributed by atoms with van der Waals surface area (Å²) in [5, 5.41) is 12.2. The van der Waals surface area contributed by atoms with Gasteiger partial charge in [0.15, 0.2) is 0 Å². The smallest absolute Gasteiger partial charge is 0.363 e. The number of hydrogen-bond donors (Lipinski definition) is 3. The lowest BCUT2D eigenvalue weighted by Gasteiger charge is -2.20. The second kappa shape index (κ2) is 9.22. The first-order valence-corrected chi connectivity index (χ1v) is 11.7. The molecule has 166 valence electrons. The number of nitrogens with one attached hydrogen (secondary N) is 2. The van der Waals surface area contributed by atoms with E-state index in [1.54, 1.807) is 26.0 Å². The number of rotatable bonds is 9. The van der Waals surface area contributed by atoms with Crippen molar-refractivity contribution in [2.45, 2.75) is 40.5 Å². The molecular weight excluding hydrogens is 419 g/mol. The molecule has 8 nitrogen and oxygen atoms in total. The zero-order valence-electron chi connectivity index (χ0n) is 18.1. The highest BCUT2D eigenvalue weighted by atomic mass is 31.2. The van der Waals surface area contributed by atoms with Crippen LogP contribution in [0, 0.1) is 13.8 Å². The first-order valence-electron chi connectivity index (χ1n) is 10.2. The molecule has 0 aliphatic carbocycles. The Hall–Kier alpha value is -2.67. The van der Waals surface area contributed by atoms with Crippen LogP contribution >= 0.6 is 7.60 Å². The van der Waals surface area contributed by atoms with E-state index in [1.165, 1.54) is 0 Å². The molecule has 3 N–H and O–H groups in total. The molecule has 0 atom stereocenters. The molecule has 0 radical (unpaired) electrons. The van der Waals surface area contributed by atoms with Crippen molar-refractivity contribution in [3.63, 3.8) is 0 Å². The minimum atomic E-state index is -3.62. The molecule has 9 heteroatoms. The second-order valence-electron chi connectivity index (χ2n) is 7.34. The number of aliphatic carboxylic acids is 1. The van der Waals surface area contributed by atoms with Gasteiger partial charge < -0.3 is 24.5 Å². The highest BCUT2D eigenvalue weighted by molar-refractivity contribution is 7.62. The van der Waals surface area contributed by atoms with E-state index < -0.39 is 13.6 Å². The van der Waals surface area contributed by atoms with E-state index >= 15 is 0 Å². The highest BCUT2D eigenvalue weighted by Crippen LogP contribution is 2.51. The quantitative estimate of drug-likeness (QED) is 0.395. The molecule has 31 heavy (non-hydrogen) atoms. The van der Waals surface area contributed by atoms with Crippen LogP contribution in [0.15, 0.2) is 18.2 Å². The summed E-state index contributed by atoms with van der Waals surface area (Å²) in [4.78, 5) is 27.0. The fourth-order valence-corrected chi connectivity index (χ4v) is 5.52. The van der Waals surface area contributed by atoms with Crippen molar-refractivity contribution < 1.29 is 28.3 Å². The van der Waals surface area contributed by atoms with Crippen LogP contribution in [0.5, 0.6) is 0 Å². The van der Waals surface area contributed by atoms with Gasteiger partial charge in [0.1, 0.15) is 0 Å². The Balaban J connectivity index is 2.12. The topological polar surface area (TPSA) is 118 Å². The van der Waals surface area contributed by atoms with Crippen LogP contribution in [-0.4, -0.2) is 35.2 Å². The van der Waals surface area contributed by atoms with Gasteiger partial charge >= 0.3 is 13.6 Å². The number of carbonyl (C=O) groups excluding carboxylic acids is 1. The zero-order valence-corrected chi connectivity index (χ0v) is 19.0. The number of carbonyl (C=O) groups is 2. The SMILES string of the molecule is CCOP(=O)(OCC)c1cc(C)cc2c1NC(=O)/C2=C\c1[nH]c(C)cc1CCC(=O)O. The molecule has 1 aliphatic heterocycles. The summed E-state index contributed by atoms with van der Waals surface area (Å²) in [5.41, 5.74) is 4.60. The first-order chi connectivity index (χ1) is 14.7. The fraction of sp³-hybridized carbons (Fsp3) is 0.364. The largest absolute Gasteiger partial charge is 0.481 e. The number of carboxylic acids is 1. The summed E-state index contributed by atoms with van der Waals surface area (Å²) in [6.45, 7) is 7.59. The molecule has 0 saturated carbocycles. The lowest BCUT2D eigenvalue weighted by atomic mass is 10.0. The molecule has 1 aromatic heterocycles. The van der Waals surface area contributed by atoms with Crippen LogP contribution in [0.2, 0.25) is 0 Å². The summed E-state index contributed by atoms with van der Waals surface area (Å²) in [7, 11) is -3.62. The summed E-state index contributed by atoms with van der Waals surface area (Å²) in [5.74, 6) is -1.22. The maximum atomic E-state index is 13.4. The molecule has 0 fully saturated rings. The van der Waals surface area contributed by atoms with E-state index in [-0.39, 0.29) is 25.5 Å². The standard InChI is InChI=1S/C22H27N2O6P/c1-5-29-31(28,30-6-2)19-10-13(3)9-16-17(22(27)24-21(16)19)12-18-15(7-8-20(25)26)11-14(4)23-18/h9-12,23H,5-8H2,1-4H3,(H,24,27)(H,25,26)/b17-12-. The predicted octanol–water partition coefficient (Wildman–Crippen LogP) is 4.03. The van der Waals surface area contributed by atoms with Gasteiger partial charge in [0.2, 0.25) is 0 Å². The number of carboxylic acid groups (broad SMARTS) is 1. The number of aromatic amines is 1. The molecule has 1 aliphatic rings. The van der Waals surface area contributed by atoms with Crippen LogP contribution in [0.25, 0.3) is 11.6 Å². The number of aryl methyl sites for hydroxylation is 3. The molecular formula is C22H27N2O6P. The third-order valence-corrected chi connectivity index (χ3v) is 7.03. The summed E-state index contributed by atoms with van der Waals surface area (Å²) in [6, 6.07) is 5.44. The monoisotopic (exact) mass is 446 g/mol. The van der Waals surface area contributed by atoms with Gasteiger partial charge in [0.25, 0.3) is 5.91 Å². The van der Waals surface area contributed by atoms with Crippen molar-refractivity contribution >= 4 is 42.1 Å². The van der Waals surface area contributed by atoms with Crippen LogP contribution in [-0.2, 0) is 29.6 Å². The van der Waals surface area contributed by atoms with E-state index in [0.717, 1.165) is 16.8 Å². The number of benzene rings is 1. The van der Waals surface area contributed by atoms with Crippen LogP contribution in [0.3, 0.4) is 0 Å². The van der Waals surface area contributed by atoms with Gasteiger partial charge in [-0.25, -0.2) is 0 Å². The maximum Gasteiger partial charge on any atom is 0.363 e. The Kier molecular flexibility index (Phi) is 6.84. The second-order valence-corrected chi connectivity index (χ2v) is 9.33. The van der Waals surface area contributed by atoms with Gasteiger partial charge in [0.05, 0.1) is 29.8 Å². The minimum absolute atomic E-state index is 0.00853. The van der Waals surface area contributed by atoms with Crippen molar-refractivity contribution in [3.8, 4) is 0 Å². The Bertz CT molecular complexity index is 1090. The average molecular weight is 446 g/mol. The predicted molar refractivity (Wildman–Crippen MR) is 120 cm³/mol. The number of H-pyrrole nitrogens is 1. The van der Waals surface area contributed by atoms with Crippen LogP contribution in [0.1, 0.15) is 48.3 Å². The van der Waals surface area contributed by atoms with E-state index in [2.05, 4.69) is 10.3 Å². The molecule has 1 amide bonds. The van der Waals surface area contributed by atoms with Gasteiger partial charge in [0, 0.05) is 23.4 Å². The first kappa shape index (κ1) is 23.0. The number of anilines is 1. The third-order valence-electron chi connectivity index (χ3n) is 4.89. The van der Waals surface area contributed by atoms with Crippen molar-refractivity contribution in [2.75, 3.05) is 18.5 Å². The van der Waals surface area contributed by atoms with Crippen molar-refractivity contribution in [1.29, 1.82) is 0 Å². The van der Waals surface area contributed by atoms with Crippen LogP contribution in [0.4, 0.5) is 5.69 Å². The fourth-order valence-electron chi connectivity index (χ4n) is 3.68. The normalized spacial score (nSPS) is 14.7. The zero-order chi connectivity index (χ0) is 22.8. The maximum absolute atomic E-state index is 13.4. The Morgan fingerprint density at radius 1 is 1.16 bits per heavy atom. The van der Waals surface area contributed by atoms with Gasteiger partial charge in [-0.05, 0) is 69.5 Å². The number of fused-ring (bicyclic) bond motifs is 1. The molecule has 0 bridgehead atoms. The van der Waals surface area contributed by atoms with Gasteiger partial charge in [-0.3, -0.25) is 14.2 Å². The molecule has 0 spiro atoms. The van der Waals surface area contributed by atoms with Crippen molar-refractivity contribution in [1.82, 2.24) is 4.98 Å². The summed E-state index contributed by atoms with van der Waals surface area (Å²) >= 11 is 0. The summed E-state index contributed by atoms with van der Waals surface area (Å²) < 4.78 is 24.4. The molecule has 2 heterocycles. The van der Waals surface area contributed by atoms with Gasteiger partial charge in [-0.2, -0.15) is 0 Å². The molecule has 3 rings (SSSR count). The Labute approximate surface area is 181 Å². The lowest BCUT2D eigenvalue weighted by molar-refractivity contribution is -0.137. The molecule has 1 aromatic carbocycles. The minimum Gasteiger partial charge on any atom is -0.481 e. The number of hydrogen-bond acceptors (Lipinski definition) is 5. The average Bonchev–Trinajstić information content (AvgIpc) is 3.19. The molecule has 0 unspecified atom stereocenters. The molecule has 0 saturated heterocycles. The lowest BCUT2D eigenvalue weighted by Crippen LogP contribution is -2.16. The number of amides is 1. The number of aromatic nitrogens is 1. The van der Waals surface area contributed by atoms with E-state index in [0.29, 0.717) is 34.2 Å². The van der Waals surface area contributed by atoms with E-state index in [9.17, 15) is 14.2 Å². The highest BCUT2D eigenvalue weighted by Gasteiger charge is 2.36. The third kappa shape index (κ3) is 4.82. The Morgan fingerprint density at radius 3 is 2.45 bits per heavy atom. The molecule has 2 aromatic rings. The van der Waals surface area contributed by atoms with Crippen LogP contribution < -0.4 is 10.6 Å². The van der Waals surface area contributed by atoms with Gasteiger partial charge in [-0.1, -0.05) is 0 Å².